The molecule has 0 radical (unpaired) electrons. The molecule has 3 atom stereocenters. The molecule has 1 aromatic rings. The van der Waals surface area contributed by atoms with Gasteiger partial charge in [-0.25, -0.2) is 0 Å². The van der Waals surface area contributed by atoms with E-state index in [4.69, 9.17) is 14.2 Å². The number of rotatable bonds is 4. The van der Waals surface area contributed by atoms with Gasteiger partial charge >= 0.3 is 0 Å². The van der Waals surface area contributed by atoms with Crippen molar-refractivity contribution in [2.24, 2.45) is 5.41 Å². The van der Waals surface area contributed by atoms with Crippen LogP contribution in [0, 0.1) is 5.41 Å². The number of fused-ring (bicyclic) bond motifs is 1. The molecule has 4 nitrogen and oxygen atoms in total. The summed E-state index contributed by atoms with van der Waals surface area (Å²) in [6.07, 6.45) is 4.04. The van der Waals surface area contributed by atoms with Crippen LogP contribution in [0.2, 0.25) is 0 Å². The molecule has 23 heavy (non-hydrogen) atoms. The Hall–Kier alpha value is -1.91. The van der Waals surface area contributed by atoms with Gasteiger partial charge in [0, 0.05) is 16.6 Å². The zero-order valence-corrected chi connectivity index (χ0v) is 13.6. The molecule has 1 saturated heterocycles. The largest absolute Gasteiger partial charge is 0.497 e. The van der Waals surface area contributed by atoms with Gasteiger partial charge in [0.25, 0.3) is 0 Å². The number of aldehydes is 1. The van der Waals surface area contributed by atoms with E-state index in [1.54, 1.807) is 7.11 Å². The summed E-state index contributed by atoms with van der Waals surface area (Å²) >= 11 is 0. The highest BCUT2D eigenvalue weighted by Gasteiger charge is 2.40. The SMILES string of the molecule is C=C[C@]1(C)CC[C@@H]2OC(c3ccc(OC)cc3)OCC2=C1C=O. The van der Waals surface area contributed by atoms with Crippen molar-refractivity contribution in [2.75, 3.05) is 13.7 Å². The smallest absolute Gasteiger partial charge is 0.184 e. The first-order valence-electron chi connectivity index (χ1n) is 7.84. The highest BCUT2D eigenvalue weighted by molar-refractivity contribution is 5.78. The van der Waals surface area contributed by atoms with Crippen molar-refractivity contribution in [3.63, 3.8) is 0 Å². The van der Waals surface area contributed by atoms with Gasteiger partial charge in [-0.15, -0.1) is 6.58 Å². The molecule has 1 aromatic carbocycles. The fourth-order valence-electron chi connectivity index (χ4n) is 3.31. The van der Waals surface area contributed by atoms with Gasteiger partial charge in [0.1, 0.15) is 12.0 Å². The Morgan fingerprint density at radius 2 is 2.09 bits per heavy atom. The summed E-state index contributed by atoms with van der Waals surface area (Å²) in [5.74, 6) is 0.799. The number of methoxy groups -OCH3 is 1. The molecule has 2 aliphatic rings. The molecular formula is C19H22O4. The molecule has 0 saturated carbocycles. The lowest BCUT2D eigenvalue weighted by Gasteiger charge is -2.41. The van der Waals surface area contributed by atoms with Crippen LogP contribution in [0.25, 0.3) is 0 Å². The van der Waals surface area contributed by atoms with Crippen LogP contribution in [0.3, 0.4) is 0 Å². The Morgan fingerprint density at radius 1 is 1.35 bits per heavy atom. The van der Waals surface area contributed by atoms with Gasteiger partial charge in [-0.2, -0.15) is 0 Å². The number of carbonyl (C=O) groups is 1. The third-order valence-electron chi connectivity index (χ3n) is 4.91. The second kappa shape index (κ2) is 6.30. The van der Waals surface area contributed by atoms with E-state index in [1.807, 2.05) is 37.3 Å². The quantitative estimate of drug-likeness (QED) is 0.629. The monoisotopic (exact) mass is 314 g/mol. The highest BCUT2D eigenvalue weighted by atomic mass is 16.7. The molecular weight excluding hydrogens is 292 g/mol. The second-order valence-corrected chi connectivity index (χ2v) is 6.26. The van der Waals surface area contributed by atoms with Crippen LogP contribution in [0.4, 0.5) is 0 Å². The maximum absolute atomic E-state index is 11.6. The van der Waals surface area contributed by atoms with Crippen LogP contribution in [-0.2, 0) is 14.3 Å². The Morgan fingerprint density at radius 3 is 2.70 bits per heavy atom. The lowest BCUT2D eigenvalue weighted by atomic mass is 9.70. The fraction of sp³-hybridized carbons (Fsp3) is 0.421. The number of hydrogen-bond acceptors (Lipinski definition) is 4. The topological polar surface area (TPSA) is 44.8 Å². The van der Waals surface area contributed by atoms with E-state index in [0.29, 0.717) is 6.61 Å². The van der Waals surface area contributed by atoms with Crippen LogP contribution in [0.15, 0.2) is 48.1 Å². The standard InChI is InChI=1S/C19H22O4/c1-4-19(2)10-9-17-15(16(19)11-20)12-22-18(23-17)13-5-7-14(21-3)8-6-13/h4-8,11,17-18H,1,9-10,12H2,2-3H3/t17-,18?,19+/m0/s1. The molecule has 0 amide bonds. The maximum Gasteiger partial charge on any atom is 0.184 e. The van der Waals surface area contributed by atoms with Crippen molar-refractivity contribution in [1.82, 2.24) is 0 Å². The van der Waals surface area contributed by atoms with Gasteiger partial charge in [-0.3, -0.25) is 4.79 Å². The van der Waals surface area contributed by atoms with Gasteiger partial charge < -0.3 is 14.2 Å². The third kappa shape index (κ3) is 2.84. The molecule has 1 unspecified atom stereocenters. The first-order valence-corrected chi connectivity index (χ1v) is 7.84. The van der Waals surface area contributed by atoms with Crippen molar-refractivity contribution >= 4 is 6.29 Å². The van der Waals surface area contributed by atoms with E-state index in [1.165, 1.54) is 0 Å². The Labute approximate surface area is 136 Å². The van der Waals surface area contributed by atoms with Gasteiger partial charge in [0.05, 0.1) is 19.8 Å². The van der Waals surface area contributed by atoms with E-state index in [-0.39, 0.29) is 11.5 Å². The van der Waals surface area contributed by atoms with Crippen LogP contribution < -0.4 is 4.74 Å². The van der Waals surface area contributed by atoms with Crippen LogP contribution in [0.5, 0.6) is 5.75 Å². The first-order chi connectivity index (χ1) is 11.1. The zero-order chi connectivity index (χ0) is 16.4. The van der Waals surface area contributed by atoms with Crippen molar-refractivity contribution in [3.8, 4) is 5.75 Å². The molecule has 3 rings (SSSR count). The predicted molar refractivity (Wildman–Crippen MR) is 87.2 cm³/mol. The minimum Gasteiger partial charge on any atom is -0.497 e. The highest BCUT2D eigenvalue weighted by Crippen LogP contribution is 2.45. The van der Waals surface area contributed by atoms with E-state index in [0.717, 1.165) is 41.6 Å². The number of ether oxygens (including phenoxy) is 3. The second-order valence-electron chi connectivity index (χ2n) is 6.26. The number of benzene rings is 1. The first kappa shape index (κ1) is 16.0. The summed E-state index contributed by atoms with van der Waals surface area (Å²) in [6.45, 7) is 6.34. The molecule has 0 N–H and O–H groups in total. The molecule has 1 aliphatic heterocycles. The summed E-state index contributed by atoms with van der Waals surface area (Å²) < 4.78 is 17.1. The predicted octanol–water partition coefficient (Wildman–Crippen LogP) is 3.59. The summed E-state index contributed by atoms with van der Waals surface area (Å²) in [6, 6.07) is 7.66. The molecule has 1 fully saturated rings. The average molecular weight is 314 g/mol. The van der Waals surface area contributed by atoms with E-state index < -0.39 is 6.29 Å². The summed E-state index contributed by atoms with van der Waals surface area (Å²) in [7, 11) is 1.64. The zero-order valence-electron chi connectivity index (χ0n) is 13.6. The minimum absolute atomic E-state index is 0.0657. The Kier molecular flexibility index (Phi) is 4.37. The van der Waals surface area contributed by atoms with E-state index in [2.05, 4.69) is 6.58 Å². The van der Waals surface area contributed by atoms with Gasteiger partial charge in [-0.1, -0.05) is 25.1 Å². The lowest BCUT2D eigenvalue weighted by Crippen LogP contribution is -2.38. The third-order valence-corrected chi connectivity index (χ3v) is 4.91. The van der Waals surface area contributed by atoms with Crippen LogP contribution in [-0.4, -0.2) is 26.1 Å². The number of hydrogen-bond donors (Lipinski definition) is 0. The van der Waals surface area contributed by atoms with E-state index >= 15 is 0 Å². The average Bonchev–Trinajstić information content (AvgIpc) is 2.61. The van der Waals surface area contributed by atoms with Crippen molar-refractivity contribution in [3.05, 3.63) is 53.6 Å². The van der Waals surface area contributed by atoms with Gasteiger partial charge in [0.2, 0.25) is 0 Å². The summed E-state index contributed by atoms with van der Waals surface area (Å²) in [5, 5.41) is 0. The Balaban J connectivity index is 1.83. The van der Waals surface area contributed by atoms with Crippen molar-refractivity contribution < 1.29 is 19.0 Å². The lowest BCUT2D eigenvalue weighted by molar-refractivity contribution is -0.197. The number of allylic oxidation sites excluding steroid dienone is 2. The summed E-state index contributed by atoms with van der Waals surface area (Å²) in [5.41, 5.74) is 2.39. The van der Waals surface area contributed by atoms with Gasteiger partial charge in [-0.05, 0) is 30.5 Å². The van der Waals surface area contributed by atoms with Crippen molar-refractivity contribution in [2.45, 2.75) is 32.2 Å². The maximum atomic E-state index is 11.6. The fourth-order valence-corrected chi connectivity index (χ4v) is 3.31. The Bertz CT molecular complexity index is 631. The molecule has 0 bridgehead atoms. The van der Waals surface area contributed by atoms with Crippen LogP contribution >= 0.6 is 0 Å². The molecule has 122 valence electrons. The van der Waals surface area contributed by atoms with Crippen LogP contribution in [0.1, 0.15) is 31.6 Å². The molecule has 4 heteroatoms. The normalized spacial score (nSPS) is 30.5. The van der Waals surface area contributed by atoms with Gasteiger partial charge in [0.15, 0.2) is 6.29 Å². The molecule has 1 heterocycles. The molecule has 0 aromatic heterocycles. The molecule has 1 aliphatic carbocycles. The summed E-state index contributed by atoms with van der Waals surface area (Å²) in [4.78, 5) is 11.6. The molecule has 0 spiro atoms. The minimum atomic E-state index is -0.407. The van der Waals surface area contributed by atoms with E-state index in [9.17, 15) is 4.79 Å². The number of carbonyl (C=O) groups excluding carboxylic acids is 1. The van der Waals surface area contributed by atoms with Crippen molar-refractivity contribution in [1.29, 1.82) is 0 Å².